The number of aromatic hydroxyl groups is 2. The van der Waals surface area contributed by atoms with Crippen LogP contribution in [-0.4, -0.2) is 16.4 Å². The normalized spacial score (nSPS) is 11.0. The molecule has 0 saturated carbocycles. The molecule has 0 saturated heterocycles. The van der Waals surface area contributed by atoms with Crippen LogP contribution in [0.4, 0.5) is 5.69 Å². The minimum atomic E-state index is 0.143. The van der Waals surface area contributed by atoms with Crippen LogP contribution in [0.2, 0.25) is 0 Å². The van der Waals surface area contributed by atoms with Gasteiger partial charge in [0.05, 0.1) is 0 Å². The molecular formula is C15H15NO2. The van der Waals surface area contributed by atoms with Crippen molar-refractivity contribution in [2.24, 2.45) is 4.99 Å². The van der Waals surface area contributed by atoms with E-state index in [4.69, 9.17) is 0 Å². The SMILES string of the molecule is Cc1cc(O)c(N=Cc2ccccc2O)cc1C. The van der Waals surface area contributed by atoms with Crippen molar-refractivity contribution in [1.29, 1.82) is 0 Å². The predicted molar refractivity (Wildman–Crippen MR) is 72.9 cm³/mol. The summed E-state index contributed by atoms with van der Waals surface area (Å²) in [5.74, 6) is 0.314. The van der Waals surface area contributed by atoms with Crippen LogP contribution in [0.5, 0.6) is 11.5 Å². The molecule has 0 aliphatic carbocycles. The Kier molecular flexibility index (Phi) is 3.33. The number of aryl methyl sites for hydroxylation is 2. The Hall–Kier alpha value is -2.29. The van der Waals surface area contributed by atoms with Gasteiger partial charge in [-0.25, -0.2) is 0 Å². The molecule has 0 heterocycles. The lowest BCUT2D eigenvalue weighted by Gasteiger charge is -2.04. The second-order valence-electron chi connectivity index (χ2n) is 4.24. The van der Waals surface area contributed by atoms with Crippen LogP contribution in [-0.2, 0) is 0 Å². The molecule has 92 valence electrons. The molecule has 3 heteroatoms. The van der Waals surface area contributed by atoms with Gasteiger partial charge in [0.15, 0.2) is 0 Å². The van der Waals surface area contributed by atoms with Gasteiger partial charge < -0.3 is 10.2 Å². The number of para-hydroxylation sites is 1. The van der Waals surface area contributed by atoms with E-state index in [2.05, 4.69) is 4.99 Å². The van der Waals surface area contributed by atoms with Crippen molar-refractivity contribution in [2.45, 2.75) is 13.8 Å². The average Bonchev–Trinajstić information content (AvgIpc) is 2.34. The lowest BCUT2D eigenvalue weighted by atomic mass is 10.1. The van der Waals surface area contributed by atoms with Gasteiger partial charge in [0, 0.05) is 11.8 Å². The molecular weight excluding hydrogens is 226 g/mol. The molecule has 0 aliphatic heterocycles. The Morgan fingerprint density at radius 1 is 0.944 bits per heavy atom. The van der Waals surface area contributed by atoms with Crippen molar-refractivity contribution in [3.63, 3.8) is 0 Å². The van der Waals surface area contributed by atoms with Gasteiger partial charge in [0.25, 0.3) is 0 Å². The summed E-state index contributed by atoms with van der Waals surface area (Å²) in [7, 11) is 0. The summed E-state index contributed by atoms with van der Waals surface area (Å²) in [4.78, 5) is 4.20. The summed E-state index contributed by atoms with van der Waals surface area (Å²) >= 11 is 0. The second kappa shape index (κ2) is 4.92. The van der Waals surface area contributed by atoms with Gasteiger partial charge in [-0.2, -0.15) is 0 Å². The van der Waals surface area contributed by atoms with Crippen molar-refractivity contribution < 1.29 is 10.2 Å². The lowest BCUT2D eigenvalue weighted by molar-refractivity contribution is 0.474. The number of benzene rings is 2. The Bertz CT molecular complexity index is 603. The van der Waals surface area contributed by atoms with Crippen LogP contribution >= 0.6 is 0 Å². The molecule has 0 aliphatic rings. The van der Waals surface area contributed by atoms with Gasteiger partial charge in [0.1, 0.15) is 17.2 Å². The molecule has 2 N–H and O–H groups in total. The molecule has 0 amide bonds. The van der Waals surface area contributed by atoms with E-state index in [0.717, 1.165) is 11.1 Å². The zero-order valence-corrected chi connectivity index (χ0v) is 10.4. The maximum Gasteiger partial charge on any atom is 0.141 e. The largest absolute Gasteiger partial charge is 0.507 e. The summed E-state index contributed by atoms with van der Waals surface area (Å²) in [6.45, 7) is 3.90. The Morgan fingerprint density at radius 2 is 1.61 bits per heavy atom. The Labute approximate surface area is 106 Å². The number of nitrogens with zero attached hydrogens (tertiary/aromatic N) is 1. The first-order valence-corrected chi connectivity index (χ1v) is 5.70. The first-order valence-electron chi connectivity index (χ1n) is 5.70. The molecule has 2 aromatic carbocycles. The van der Waals surface area contributed by atoms with Crippen LogP contribution in [0.25, 0.3) is 0 Å². The topological polar surface area (TPSA) is 52.8 Å². The first kappa shape index (κ1) is 12.2. The number of phenols is 2. The van der Waals surface area contributed by atoms with E-state index >= 15 is 0 Å². The molecule has 0 fully saturated rings. The van der Waals surface area contributed by atoms with Gasteiger partial charge >= 0.3 is 0 Å². The molecule has 3 nitrogen and oxygen atoms in total. The van der Waals surface area contributed by atoms with E-state index in [1.807, 2.05) is 26.0 Å². The third-order valence-electron chi connectivity index (χ3n) is 2.87. The fourth-order valence-corrected chi connectivity index (χ4v) is 1.62. The fourth-order valence-electron chi connectivity index (χ4n) is 1.62. The highest BCUT2D eigenvalue weighted by molar-refractivity contribution is 5.85. The number of rotatable bonds is 2. The van der Waals surface area contributed by atoms with Crippen molar-refractivity contribution in [3.05, 3.63) is 53.1 Å². The maximum absolute atomic E-state index is 9.79. The van der Waals surface area contributed by atoms with Crippen LogP contribution < -0.4 is 0 Å². The van der Waals surface area contributed by atoms with E-state index in [9.17, 15) is 10.2 Å². The van der Waals surface area contributed by atoms with Gasteiger partial charge in [0.2, 0.25) is 0 Å². The van der Waals surface area contributed by atoms with E-state index in [1.165, 1.54) is 0 Å². The van der Waals surface area contributed by atoms with Crippen molar-refractivity contribution in [1.82, 2.24) is 0 Å². The summed E-state index contributed by atoms with van der Waals surface area (Å²) in [6, 6.07) is 10.4. The van der Waals surface area contributed by atoms with E-state index in [-0.39, 0.29) is 11.5 Å². The molecule has 2 aromatic rings. The molecule has 2 rings (SSSR count). The predicted octanol–water partition coefficient (Wildman–Crippen LogP) is 3.47. The molecule has 0 spiro atoms. The zero-order chi connectivity index (χ0) is 13.1. The molecule has 0 atom stereocenters. The molecule has 0 unspecified atom stereocenters. The lowest BCUT2D eigenvalue weighted by Crippen LogP contribution is -1.83. The fraction of sp³-hybridized carbons (Fsp3) is 0.133. The summed E-state index contributed by atoms with van der Waals surface area (Å²) < 4.78 is 0. The number of aliphatic imine (C=N–C) groups is 1. The number of hydrogen-bond acceptors (Lipinski definition) is 3. The summed E-state index contributed by atoms with van der Waals surface area (Å²) in [6.07, 6.45) is 1.54. The Balaban J connectivity index is 2.35. The molecule has 18 heavy (non-hydrogen) atoms. The van der Waals surface area contributed by atoms with Crippen molar-refractivity contribution in [3.8, 4) is 11.5 Å². The van der Waals surface area contributed by atoms with Gasteiger partial charge in [-0.15, -0.1) is 0 Å². The Morgan fingerprint density at radius 3 is 2.33 bits per heavy atom. The van der Waals surface area contributed by atoms with Gasteiger partial charge in [-0.1, -0.05) is 12.1 Å². The first-order chi connectivity index (χ1) is 8.58. The summed E-state index contributed by atoms with van der Waals surface area (Å²) in [5, 5.41) is 19.4. The molecule has 0 aromatic heterocycles. The van der Waals surface area contributed by atoms with Crippen LogP contribution in [0.3, 0.4) is 0 Å². The highest BCUT2D eigenvalue weighted by Gasteiger charge is 2.02. The van der Waals surface area contributed by atoms with Crippen molar-refractivity contribution >= 4 is 11.9 Å². The quantitative estimate of drug-likeness (QED) is 0.791. The van der Waals surface area contributed by atoms with Gasteiger partial charge in [-0.3, -0.25) is 4.99 Å². The van der Waals surface area contributed by atoms with Crippen LogP contribution in [0, 0.1) is 13.8 Å². The third-order valence-corrected chi connectivity index (χ3v) is 2.87. The molecule has 0 bridgehead atoms. The van der Waals surface area contributed by atoms with E-state index in [0.29, 0.717) is 11.3 Å². The highest BCUT2D eigenvalue weighted by atomic mass is 16.3. The van der Waals surface area contributed by atoms with E-state index < -0.39 is 0 Å². The number of hydrogen-bond donors (Lipinski definition) is 2. The van der Waals surface area contributed by atoms with Crippen molar-refractivity contribution in [2.75, 3.05) is 0 Å². The smallest absolute Gasteiger partial charge is 0.141 e. The number of phenolic OH excluding ortho intramolecular Hbond substituents is 2. The van der Waals surface area contributed by atoms with Crippen LogP contribution in [0.1, 0.15) is 16.7 Å². The minimum absolute atomic E-state index is 0.143. The van der Waals surface area contributed by atoms with E-state index in [1.54, 1.807) is 30.5 Å². The standard InChI is InChI=1S/C15H15NO2/c1-10-7-13(15(18)8-11(10)2)16-9-12-5-3-4-6-14(12)17/h3-9,17-18H,1-2H3. The maximum atomic E-state index is 9.79. The minimum Gasteiger partial charge on any atom is -0.507 e. The van der Waals surface area contributed by atoms with Crippen LogP contribution in [0.15, 0.2) is 41.4 Å². The molecule has 0 radical (unpaired) electrons. The zero-order valence-electron chi connectivity index (χ0n) is 10.4. The second-order valence-corrected chi connectivity index (χ2v) is 4.24. The third kappa shape index (κ3) is 2.51. The highest BCUT2D eigenvalue weighted by Crippen LogP contribution is 2.29. The average molecular weight is 241 g/mol. The monoisotopic (exact) mass is 241 g/mol. The summed E-state index contributed by atoms with van der Waals surface area (Å²) in [5.41, 5.74) is 3.21. The van der Waals surface area contributed by atoms with Gasteiger partial charge in [-0.05, 0) is 49.2 Å².